The monoisotopic (exact) mass is 275 g/mol. The number of hydrogen-bond donors (Lipinski definition) is 2. The third-order valence-electron chi connectivity index (χ3n) is 2.01. The van der Waals surface area contributed by atoms with Crippen LogP contribution in [0.5, 0.6) is 5.75 Å². The lowest BCUT2D eigenvalue weighted by molar-refractivity contribution is 0.0960. The molecule has 0 unspecified atom stereocenters. The molecule has 4 nitrogen and oxygen atoms in total. The molecule has 0 aromatic carbocycles. The molecule has 0 aliphatic heterocycles. The zero-order chi connectivity index (χ0) is 12.5. The fourth-order valence-electron chi connectivity index (χ4n) is 1.14. The maximum Gasteiger partial charge on any atom is 0.261 e. The zero-order valence-electron chi connectivity index (χ0n) is 9.77. The molecule has 0 saturated heterocycles. The number of thioether (sulfide) groups is 1. The summed E-state index contributed by atoms with van der Waals surface area (Å²) in [6.07, 6.45) is 0.806. The van der Waals surface area contributed by atoms with E-state index in [1.54, 1.807) is 24.9 Å². The van der Waals surface area contributed by atoms with E-state index >= 15 is 0 Å². The van der Waals surface area contributed by atoms with Crippen LogP contribution in [0, 0.1) is 0 Å². The predicted molar refractivity (Wildman–Crippen MR) is 72.2 cm³/mol. The molecule has 0 spiro atoms. The van der Waals surface area contributed by atoms with E-state index in [2.05, 4.69) is 5.32 Å². The van der Waals surface area contributed by atoms with Gasteiger partial charge in [0, 0.05) is 30.4 Å². The fraction of sp³-hybridized carbons (Fsp3) is 0.545. The van der Waals surface area contributed by atoms with Crippen LogP contribution >= 0.6 is 23.1 Å². The second-order valence-electron chi connectivity index (χ2n) is 3.30. The maximum absolute atomic E-state index is 11.7. The number of ether oxygens (including phenoxy) is 1. The van der Waals surface area contributed by atoms with Crippen LogP contribution in [0.25, 0.3) is 0 Å². The molecule has 0 aliphatic rings. The number of hydrogen-bond acceptors (Lipinski definition) is 5. The smallest absolute Gasteiger partial charge is 0.261 e. The van der Waals surface area contributed by atoms with Gasteiger partial charge in [-0.3, -0.25) is 4.79 Å². The lowest BCUT2D eigenvalue weighted by atomic mass is 10.4. The van der Waals surface area contributed by atoms with Crippen LogP contribution in [-0.2, 0) is 0 Å². The normalized spacial score (nSPS) is 10.2. The van der Waals surface area contributed by atoms with Crippen LogP contribution in [0.1, 0.15) is 16.1 Å². The van der Waals surface area contributed by atoms with Crippen molar-refractivity contribution in [3.63, 3.8) is 0 Å². The Balaban J connectivity index is 2.16. The first-order valence-electron chi connectivity index (χ1n) is 5.37. The van der Waals surface area contributed by atoms with Gasteiger partial charge in [0.25, 0.3) is 5.91 Å². The van der Waals surface area contributed by atoms with Gasteiger partial charge in [0.15, 0.2) is 0 Å². The quantitative estimate of drug-likeness (QED) is 0.708. The lowest BCUT2D eigenvalue weighted by Crippen LogP contribution is -2.24. The third-order valence-corrected chi connectivity index (χ3v) is 3.99. The van der Waals surface area contributed by atoms with E-state index < -0.39 is 0 Å². The van der Waals surface area contributed by atoms with Crippen molar-refractivity contribution in [1.29, 1.82) is 0 Å². The highest BCUT2D eigenvalue weighted by Gasteiger charge is 2.08. The summed E-state index contributed by atoms with van der Waals surface area (Å²) in [5.41, 5.74) is 0. The summed E-state index contributed by atoms with van der Waals surface area (Å²) < 4.78 is 5.02. The van der Waals surface area contributed by atoms with E-state index in [1.807, 2.05) is 5.38 Å². The Kier molecular flexibility index (Phi) is 7.07. The first-order valence-corrected chi connectivity index (χ1v) is 7.40. The highest BCUT2D eigenvalue weighted by Crippen LogP contribution is 2.20. The van der Waals surface area contributed by atoms with Gasteiger partial charge < -0.3 is 15.2 Å². The minimum Gasteiger partial charge on any atom is -0.496 e. The predicted octanol–water partition coefficient (Wildman–Crippen LogP) is 1.60. The van der Waals surface area contributed by atoms with Gasteiger partial charge in [0.05, 0.1) is 12.0 Å². The molecule has 0 aliphatic carbocycles. The molecule has 1 rings (SSSR count). The average Bonchev–Trinajstić information content (AvgIpc) is 2.82. The molecule has 2 N–H and O–H groups in total. The van der Waals surface area contributed by atoms with Crippen molar-refractivity contribution in [2.75, 3.05) is 31.8 Å². The largest absolute Gasteiger partial charge is 0.496 e. The number of aliphatic hydroxyl groups excluding tert-OH is 1. The van der Waals surface area contributed by atoms with Crippen LogP contribution in [-0.4, -0.2) is 42.8 Å². The number of rotatable bonds is 8. The van der Waals surface area contributed by atoms with Gasteiger partial charge in [-0.15, -0.1) is 11.3 Å². The summed E-state index contributed by atoms with van der Waals surface area (Å²) >= 11 is 3.11. The summed E-state index contributed by atoms with van der Waals surface area (Å²) in [5, 5.41) is 13.2. The van der Waals surface area contributed by atoms with Crippen molar-refractivity contribution in [3.05, 3.63) is 16.3 Å². The number of methoxy groups -OCH3 is 1. The number of nitrogens with one attached hydrogen (secondary N) is 1. The molecule has 0 radical (unpaired) electrons. The highest BCUT2D eigenvalue weighted by atomic mass is 32.2. The van der Waals surface area contributed by atoms with Crippen molar-refractivity contribution in [3.8, 4) is 5.75 Å². The van der Waals surface area contributed by atoms with E-state index in [1.165, 1.54) is 11.3 Å². The van der Waals surface area contributed by atoms with Gasteiger partial charge in [-0.2, -0.15) is 11.8 Å². The lowest BCUT2D eigenvalue weighted by Gasteiger charge is -2.02. The van der Waals surface area contributed by atoms with Gasteiger partial charge in [0.2, 0.25) is 0 Å². The molecule has 0 saturated carbocycles. The summed E-state index contributed by atoms with van der Waals surface area (Å²) in [5.74, 6) is 2.46. The Morgan fingerprint density at radius 2 is 2.41 bits per heavy atom. The van der Waals surface area contributed by atoms with E-state index in [0.29, 0.717) is 11.4 Å². The van der Waals surface area contributed by atoms with Crippen molar-refractivity contribution in [1.82, 2.24) is 5.32 Å². The molecule has 1 heterocycles. The Hall–Kier alpha value is -0.720. The van der Waals surface area contributed by atoms with Crippen LogP contribution in [0.15, 0.2) is 11.4 Å². The molecule has 6 heteroatoms. The van der Waals surface area contributed by atoms with Crippen molar-refractivity contribution in [2.45, 2.75) is 6.42 Å². The van der Waals surface area contributed by atoms with Crippen molar-refractivity contribution >= 4 is 29.0 Å². The minimum atomic E-state index is -0.0546. The summed E-state index contributed by atoms with van der Waals surface area (Å²) in [4.78, 5) is 12.3. The molecule has 0 bridgehead atoms. The highest BCUT2D eigenvalue weighted by molar-refractivity contribution is 7.99. The van der Waals surface area contributed by atoms with Crippen LogP contribution in [0.3, 0.4) is 0 Å². The summed E-state index contributed by atoms with van der Waals surface area (Å²) in [7, 11) is 1.58. The van der Waals surface area contributed by atoms with Gasteiger partial charge in [-0.1, -0.05) is 0 Å². The number of aliphatic hydroxyl groups is 1. The Morgan fingerprint density at radius 3 is 3.06 bits per heavy atom. The average molecular weight is 275 g/mol. The second kappa shape index (κ2) is 8.38. The summed E-state index contributed by atoms with van der Waals surface area (Å²) in [6.45, 7) is 0.878. The van der Waals surface area contributed by atoms with Gasteiger partial charge >= 0.3 is 0 Å². The van der Waals surface area contributed by atoms with Gasteiger partial charge in [-0.05, 0) is 12.2 Å². The summed E-state index contributed by atoms with van der Waals surface area (Å²) in [6, 6.07) is 1.74. The molecule has 17 heavy (non-hydrogen) atoms. The molecular formula is C11H17NO3S2. The molecular weight excluding hydrogens is 258 g/mol. The zero-order valence-corrected chi connectivity index (χ0v) is 11.4. The molecule has 96 valence electrons. The Morgan fingerprint density at radius 1 is 1.59 bits per heavy atom. The minimum absolute atomic E-state index is 0.0546. The molecule has 1 aromatic heterocycles. The van der Waals surface area contributed by atoms with Crippen LogP contribution in [0.2, 0.25) is 0 Å². The topological polar surface area (TPSA) is 58.6 Å². The van der Waals surface area contributed by atoms with E-state index in [9.17, 15) is 4.79 Å². The standard InChI is InChI=1S/C11H17NO3S2/c1-15-9-7-10(17-8-9)11(14)12-3-6-16-5-2-4-13/h7-8,13H,2-6H2,1H3,(H,12,14). The second-order valence-corrected chi connectivity index (χ2v) is 5.43. The van der Waals surface area contributed by atoms with Gasteiger partial charge in [-0.25, -0.2) is 0 Å². The molecule has 1 aromatic rings. The Labute approximate surface area is 109 Å². The van der Waals surface area contributed by atoms with Crippen molar-refractivity contribution < 1.29 is 14.6 Å². The van der Waals surface area contributed by atoms with Crippen molar-refractivity contribution in [2.24, 2.45) is 0 Å². The number of carbonyl (C=O) groups is 1. The number of thiophene rings is 1. The first-order chi connectivity index (χ1) is 8.27. The molecule has 1 amide bonds. The van der Waals surface area contributed by atoms with Crippen LogP contribution < -0.4 is 10.1 Å². The third kappa shape index (κ3) is 5.43. The van der Waals surface area contributed by atoms with Gasteiger partial charge in [0.1, 0.15) is 5.75 Å². The number of carbonyl (C=O) groups excluding carboxylic acids is 1. The fourth-order valence-corrected chi connectivity index (χ4v) is 2.69. The molecule has 0 atom stereocenters. The Bertz CT molecular complexity index is 341. The first kappa shape index (κ1) is 14.3. The maximum atomic E-state index is 11.7. The van der Waals surface area contributed by atoms with E-state index in [-0.39, 0.29) is 12.5 Å². The molecule has 0 fully saturated rings. The number of amides is 1. The van der Waals surface area contributed by atoms with E-state index in [4.69, 9.17) is 9.84 Å². The SMILES string of the molecule is COc1csc(C(=O)NCCSCCCO)c1. The van der Waals surface area contributed by atoms with E-state index in [0.717, 1.165) is 23.7 Å². The van der Waals surface area contributed by atoms with Crippen LogP contribution in [0.4, 0.5) is 0 Å².